The molecule has 0 N–H and O–H groups in total. The summed E-state index contributed by atoms with van der Waals surface area (Å²) in [6.07, 6.45) is 0. The third-order valence-electron chi connectivity index (χ3n) is 2.39. The van der Waals surface area contributed by atoms with Crippen molar-refractivity contribution in [2.45, 2.75) is 41.5 Å². The minimum absolute atomic E-state index is 0.833. The molecule has 0 saturated carbocycles. The maximum atomic E-state index is 4.56. The number of aromatic nitrogens is 2. The summed E-state index contributed by atoms with van der Waals surface area (Å²) in [5.74, 6) is 0.833. The molecule has 1 heterocycles. The fourth-order valence-corrected chi connectivity index (χ4v) is 2.38. The molecular formula is C15H21GaN2. The molecule has 94 valence electrons. The molecule has 0 spiro atoms. The zero-order chi connectivity index (χ0) is 13.9. The van der Waals surface area contributed by atoms with Gasteiger partial charge in [-0.15, -0.1) is 0 Å². The van der Waals surface area contributed by atoms with Gasteiger partial charge in [0, 0.05) is 0 Å². The molecule has 3 heteroatoms. The summed E-state index contributed by atoms with van der Waals surface area (Å²) in [6.45, 7) is 12.6. The molecule has 0 atom stereocenters. The third-order valence-corrected chi connectivity index (χ3v) is 3.09. The molecule has 2 radical (unpaired) electrons. The maximum absolute atomic E-state index is 4.56. The van der Waals surface area contributed by atoms with E-state index >= 15 is 0 Å². The number of benzene rings is 1. The van der Waals surface area contributed by atoms with Crippen molar-refractivity contribution in [3.05, 3.63) is 29.1 Å². The van der Waals surface area contributed by atoms with Crippen LogP contribution in [-0.4, -0.2) is 28.6 Å². The van der Waals surface area contributed by atoms with E-state index in [0.29, 0.717) is 0 Å². The first-order valence-electron chi connectivity index (χ1n) is 6.32. The summed E-state index contributed by atoms with van der Waals surface area (Å²) in [7, 11) is 0. The van der Waals surface area contributed by atoms with Gasteiger partial charge < -0.3 is 0 Å². The molecule has 0 fully saturated rings. The van der Waals surface area contributed by atoms with Gasteiger partial charge in [0.05, 0.1) is 0 Å². The van der Waals surface area contributed by atoms with E-state index in [1.807, 2.05) is 13.8 Å². The van der Waals surface area contributed by atoms with Crippen molar-refractivity contribution in [3.8, 4) is 0 Å². The first-order valence-corrected chi connectivity index (χ1v) is 7.53. The molecule has 2 aromatic rings. The van der Waals surface area contributed by atoms with E-state index in [1.165, 1.54) is 9.68 Å². The Balaban J connectivity index is 0.000000357. The summed E-state index contributed by atoms with van der Waals surface area (Å²) < 4.78 is 1.31. The Hall–Kier alpha value is -0.804. The van der Waals surface area contributed by atoms with Crippen molar-refractivity contribution in [2.75, 3.05) is 0 Å². The number of hydrogen-bond donors (Lipinski definition) is 0. The van der Waals surface area contributed by atoms with Crippen LogP contribution in [0.3, 0.4) is 0 Å². The van der Waals surface area contributed by atoms with Crippen LogP contribution in [-0.2, 0) is 0 Å². The van der Waals surface area contributed by atoms with Crippen molar-refractivity contribution in [3.63, 3.8) is 0 Å². The molecule has 0 unspecified atom stereocenters. The van der Waals surface area contributed by atoms with Gasteiger partial charge in [0.25, 0.3) is 0 Å². The fourth-order valence-electron chi connectivity index (χ4n) is 1.53. The van der Waals surface area contributed by atoms with E-state index in [2.05, 4.69) is 49.8 Å². The van der Waals surface area contributed by atoms with E-state index in [-0.39, 0.29) is 0 Å². The molecule has 2 nitrogen and oxygen atoms in total. The van der Waals surface area contributed by atoms with Gasteiger partial charge in [-0.2, -0.15) is 0 Å². The standard InChI is InChI=1S/C11H11N2.C4H10.Ga/c1-7-5-4-6-10-11(7)13-9(3)8(2)12-10;1-4(2)3;/h5-6H,1-3H3;4H,1-3H3;. The first kappa shape index (κ1) is 15.3. The minimum atomic E-state index is 0.833. The average molecular weight is 299 g/mol. The molecule has 0 saturated heterocycles. The van der Waals surface area contributed by atoms with Gasteiger partial charge in [-0.1, -0.05) is 20.8 Å². The normalized spacial score (nSPS) is 10.4. The topological polar surface area (TPSA) is 25.8 Å². The number of hydrogen-bond acceptors (Lipinski definition) is 2. The van der Waals surface area contributed by atoms with Crippen LogP contribution in [0.2, 0.25) is 0 Å². The molecule has 1 aromatic heterocycles. The SMILES string of the molecule is CC(C)C.Cc1nc2c[c]([Ga])cc(C)c2nc1C. The predicted octanol–water partition coefficient (Wildman–Crippen LogP) is 3.01. The van der Waals surface area contributed by atoms with Crippen molar-refractivity contribution in [2.24, 2.45) is 5.92 Å². The monoisotopic (exact) mass is 298 g/mol. The second kappa shape index (κ2) is 6.39. The molecule has 0 aliphatic carbocycles. The molecule has 0 bridgehead atoms. The number of rotatable bonds is 0. The Morgan fingerprint density at radius 1 is 0.944 bits per heavy atom. The number of nitrogens with zero attached hydrogens (tertiary/aromatic N) is 2. The molecule has 1 aromatic carbocycles. The van der Waals surface area contributed by atoms with Gasteiger partial charge in [0.1, 0.15) is 0 Å². The Morgan fingerprint density at radius 2 is 1.44 bits per heavy atom. The van der Waals surface area contributed by atoms with Crippen molar-refractivity contribution in [1.29, 1.82) is 0 Å². The van der Waals surface area contributed by atoms with Crippen LogP contribution >= 0.6 is 0 Å². The average Bonchev–Trinajstić information content (AvgIpc) is 2.20. The van der Waals surface area contributed by atoms with Crippen LogP contribution < -0.4 is 4.12 Å². The summed E-state index contributed by atoms with van der Waals surface area (Å²) in [5, 5.41) is 0. The van der Waals surface area contributed by atoms with Crippen molar-refractivity contribution >= 4 is 33.8 Å². The Bertz CT molecular complexity index is 545. The van der Waals surface area contributed by atoms with Gasteiger partial charge in [0.2, 0.25) is 0 Å². The first-order chi connectivity index (χ1) is 8.31. The van der Waals surface area contributed by atoms with Gasteiger partial charge >= 0.3 is 93.6 Å². The summed E-state index contributed by atoms with van der Waals surface area (Å²) >= 11 is 1.63. The fraction of sp³-hybridized carbons (Fsp3) is 0.467. The van der Waals surface area contributed by atoms with Gasteiger partial charge in [0.15, 0.2) is 0 Å². The van der Waals surface area contributed by atoms with Crippen molar-refractivity contribution in [1.82, 2.24) is 9.97 Å². The summed E-state index contributed by atoms with van der Waals surface area (Å²) in [4.78, 5) is 9.10. The quantitative estimate of drug-likeness (QED) is 0.699. The summed E-state index contributed by atoms with van der Waals surface area (Å²) in [6, 6.07) is 4.29. The molecule has 2 rings (SSSR count). The van der Waals surface area contributed by atoms with Gasteiger partial charge in [-0.3, -0.25) is 0 Å². The van der Waals surface area contributed by atoms with Crippen LogP contribution in [0, 0.1) is 26.7 Å². The molecular weight excluding hydrogens is 278 g/mol. The van der Waals surface area contributed by atoms with E-state index in [1.54, 1.807) is 18.6 Å². The summed E-state index contributed by atoms with van der Waals surface area (Å²) in [5.41, 5.74) is 5.32. The Kier molecular flexibility index (Phi) is 5.41. The molecule has 0 amide bonds. The van der Waals surface area contributed by atoms with E-state index in [0.717, 1.165) is 28.3 Å². The van der Waals surface area contributed by atoms with E-state index in [9.17, 15) is 0 Å². The van der Waals surface area contributed by atoms with Gasteiger partial charge in [-0.25, -0.2) is 0 Å². The third kappa shape index (κ3) is 4.14. The molecule has 0 aliphatic heterocycles. The Morgan fingerprint density at radius 3 is 2.00 bits per heavy atom. The second-order valence-corrected chi connectivity index (χ2v) is 6.73. The van der Waals surface area contributed by atoms with Crippen LogP contribution in [0.25, 0.3) is 11.0 Å². The molecule has 18 heavy (non-hydrogen) atoms. The van der Waals surface area contributed by atoms with Crippen molar-refractivity contribution < 1.29 is 0 Å². The zero-order valence-corrected chi connectivity index (χ0v) is 14.6. The van der Waals surface area contributed by atoms with Crippen LogP contribution in [0.4, 0.5) is 0 Å². The molecule has 0 aliphatic rings. The zero-order valence-electron chi connectivity index (χ0n) is 12.2. The number of aryl methyl sites for hydroxylation is 3. The van der Waals surface area contributed by atoms with Crippen LogP contribution in [0.1, 0.15) is 37.7 Å². The van der Waals surface area contributed by atoms with Crippen LogP contribution in [0.5, 0.6) is 0 Å². The Labute approximate surface area is 120 Å². The van der Waals surface area contributed by atoms with Crippen LogP contribution in [0.15, 0.2) is 12.1 Å². The predicted molar refractivity (Wildman–Crippen MR) is 79.6 cm³/mol. The number of fused-ring (bicyclic) bond motifs is 1. The van der Waals surface area contributed by atoms with Gasteiger partial charge in [-0.05, 0) is 5.92 Å². The van der Waals surface area contributed by atoms with E-state index in [4.69, 9.17) is 0 Å². The second-order valence-electron chi connectivity index (χ2n) is 5.33. The van der Waals surface area contributed by atoms with E-state index < -0.39 is 0 Å².